The highest BCUT2D eigenvalue weighted by Crippen LogP contribution is 2.44. The van der Waals surface area contributed by atoms with Gasteiger partial charge >= 0.3 is 12.1 Å². The number of halogens is 7. The van der Waals surface area contributed by atoms with Gasteiger partial charge in [0.25, 0.3) is 6.43 Å². The first-order valence-corrected chi connectivity index (χ1v) is 2.96. The van der Waals surface area contributed by atoms with E-state index < -0.39 is 24.1 Å². The lowest BCUT2D eigenvalue weighted by molar-refractivity contribution is -0.317. The van der Waals surface area contributed by atoms with Crippen LogP contribution in [0.25, 0.3) is 0 Å². The normalized spacial score (nSPS) is 18.9. The maximum absolute atomic E-state index is 12.2. The van der Waals surface area contributed by atoms with E-state index in [1.54, 1.807) is 0 Å². The Hall–Kier alpha value is -0.530. The van der Waals surface area contributed by atoms with Crippen molar-refractivity contribution in [2.24, 2.45) is 5.73 Å². The van der Waals surface area contributed by atoms with Gasteiger partial charge in [0.05, 0.1) is 0 Å². The van der Waals surface area contributed by atoms with Crippen molar-refractivity contribution in [1.29, 1.82) is 0 Å². The molecule has 1 unspecified atom stereocenters. The van der Waals surface area contributed by atoms with E-state index in [9.17, 15) is 30.7 Å². The van der Waals surface area contributed by atoms with Gasteiger partial charge in [0.2, 0.25) is 0 Å². The summed E-state index contributed by atoms with van der Waals surface area (Å²) in [4.78, 5) is 0. The molecule has 0 aliphatic heterocycles. The van der Waals surface area contributed by atoms with Gasteiger partial charge in [-0.15, -0.1) is 0 Å². The minimum Gasteiger partial charge on any atom is -0.315 e. The van der Waals surface area contributed by atoms with Crippen molar-refractivity contribution >= 4 is 0 Å². The van der Waals surface area contributed by atoms with Gasteiger partial charge in [0.15, 0.2) is 0 Å². The maximum atomic E-state index is 12.2. The van der Waals surface area contributed by atoms with Gasteiger partial charge < -0.3 is 5.73 Å². The quantitative estimate of drug-likeness (QED) is 0.699. The van der Waals surface area contributed by atoms with E-state index in [0.717, 1.165) is 0 Å². The summed E-state index contributed by atoms with van der Waals surface area (Å²) in [5.41, 5.74) is 0.292. The van der Waals surface area contributed by atoms with Gasteiger partial charge in [0, 0.05) is 0 Å². The Labute approximate surface area is 68.7 Å². The van der Waals surface area contributed by atoms with Crippen molar-refractivity contribution in [3.05, 3.63) is 0 Å². The van der Waals surface area contributed by atoms with E-state index in [-0.39, 0.29) is 6.92 Å². The molecule has 2 N–H and O–H groups in total. The summed E-state index contributed by atoms with van der Waals surface area (Å²) in [5.74, 6) is -5.62. The Bertz CT molecular complexity index is 182. The summed E-state index contributed by atoms with van der Waals surface area (Å²) in [6, 6.07) is 0. The predicted molar refractivity (Wildman–Crippen MR) is 29.6 cm³/mol. The van der Waals surface area contributed by atoms with Gasteiger partial charge in [-0.2, -0.15) is 22.0 Å². The summed E-state index contributed by atoms with van der Waals surface area (Å²) >= 11 is 0. The topological polar surface area (TPSA) is 26.0 Å². The van der Waals surface area contributed by atoms with Gasteiger partial charge in [-0.25, -0.2) is 8.78 Å². The standard InChI is InChI=1S/C5H6F7N/c1-3(13,2(6)7)4(8,9)5(10,11)12/h2H,13H2,1H3. The first-order valence-electron chi connectivity index (χ1n) is 2.96. The van der Waals surface area contributed by atoms with Crippen LogP contribution in [0.4, 0.5) is 30.7 Å². The molecule has 0 saturated carbocycles. The Morgan fingerprint density at radius 2 is 1.31 bits per heavy atom. The van der Waals surface area contributed by atoms with Crippen molar-refractivity contribution in [1.82, 2.24) is 0 Å². The minimum atomic E-state index is -6.08. The molecule has 0 spiro atoms. The highest BCUT2D eigenvalue weighted by Gasteiger charge is 2.70. The highest BCUT2D eigenvalue weighted by atomic mass is 19.4. The van der Waals surface area contributed by atoms with Crippen LogP contribution < -0.4 is 5.73 Å². The summed E-state index contributed by atoms with van der Waals surface area (Å²) in [6.07, 6.45) is -10.0. The van der Waals surface area contributed by atoms with Crippen LogP contribution in [0, 0.1) is 0 Å². The van der Waals surface area contributed by atoms with Gasteiger partial charge in [-0.05, 0) is 6.92 Å². The molecule has 13 heavy (non-hydrogen) atoms. The fourth-order valence-corrected chi connectivity index (χ4v) is 0.442. The van der Waals surface area contributed by atoms with Crippen LogP contribution >= 0.6 is 0 Å². The molecule has 0 aliphatic rings. The minimum absolute atomic E-state index is 0.0504. The molecule has 0 aromatic heterocycles. The third-order valence-corrected chi connectivity index (χ3v) is 1.49. The van der Waals surface area contributed by atoms with Crippen molar-refractivity contribution in [2.75, 3.05) is 0 Å². The van der Waals surface area contributed by atoms with Crippen LogP contribution in [-0.2, 0) is 0 Å². The fraction of sp³-hybridized carbons (Fsp3) is 1.00. The fourth-order valence-electron chi connectivity index (χ4n) is 0.442. The first kappa shape index (κ1) is 12.5. The molecular formula is C5H6F7N. The Morgan fingerprint density at radius 1 is 1.00 bits per heavy atom. The molecule has 0 fully saturated rings. The molecule has 80 valence electrons. The number of hydrogen-bond acceptors (Lipinski definition) is 1. The molecule has 0 aromatic rings. The maximum Gasteiger partial charge on any atom is 0.455 e. The largest absolute Gasteiger partial charge is 0.455 e. The van der Waals surface area contributed by atoms with Gasteiger partial charge in [0.1, 0.15) is 5.54 Å². The first-order chi connectivity index (χ1) is 5.44. The van der Waals surface area contributed by atoms with E-state index in [1.807, 2.05) is 0 Å². The van der Waals surface area contributed by atoms with E-state index in [4.69, 9.17) is 0 Å². The van der Waals surface area contributed by atoms with Gasteiger partial charge in [-0.3, -0.25) is 0 Å². The molecule has 8 heteroatoms. The third-order valence-electron chi connectivity index (χ3n) is 1.49. The molecule has 0 bridgehead atoms. The van der Waals surface area contributed by atoms with Gasteiger partial charge in [-0.1, -0.05) is 0 Å². The SMILES string of the molecule is CC(N)(C(F)F)C(F)(F)C(F)(F)F. The Kier molecular flexibility index (Phi) is 2.88. The lowest BCUT2D eigenvalue weighted by Crippen LogP contribution is -2.64. The van der Waals surface area contributed by atoms with Crippen LogP contribution in [0.2, 0.25) is 0 Å². The smallest absolute Gasteiger partial charge is 0.315 e. The molecule has 0 aliphatic carbocycles. The zero-order chi connectivity index (χ0) is 11.1. The summed E-state index contributed by atoms with van der Waals surface area (Å²) in [7, 11) is 0. The lowest BCUT2D eigenvalue weighted by atomic mass is 9.95. The van der Waals surface area contributed by atoms with Crippen LogP contribution in [0.15, 0.2) is 0 Å². The predicted octanol–water partition coefficient (Wildman–Crippen LogP) is 2.17. The Morgan fingerprint density at radius 3 is 1.38 bits per heavy atom. The highest BCUT2D eigenvalue weighted by molar-refractivity contribution is 5.00. The molecule has 0 heterocycles. The van der Waals surface area contributed by atoms with Crippen molar-refractivity contribution in [2.45, 2.75) is 31.0 Å². The average Bonchev–Trinajstić information content (AvgIpc) is 1.84. The number of nitrogens with two attached hydrogens (primary N) is 1. The molecule has 0 radical (unpaired) electrons. The van der Waals surface area contributed by atoms with E-state index in [2.05, 4.69) is 5.73 Å². The number of alkyl halides is 7. The van der Waals surface area contributed by atoms with Crippen LogP contribution in [0.3, 0.4) is 0 Å². The summed E-state index contributed by atoms with van der Waals surface area (Å²) < 4.78 is 82.5. The molecule has 1 atom stereocenters. The van der Waals surface area contributed by atoms with Crippen LogP contribution in [-0.4, -0.2) is 24.1 Å². The van der Waals surface area contributed by atoms with Crippen molar-refractivity contribution < 1.29 is 30.7 Å². The number of rotatable bonds is 2. The Balaban J connectivity index is 5.04. The molecule has 0 saturated heterocycles. The zero-order valence-corrected chi connectivity index (χ0v) is 6.30. The lowest BCUT2D eigenvalue weighted by Gasteiger charge is -2.33. The second-order valence-corrected chi connectivity index (χ2v) is 2.66. The van der Waals surface area contributed by atoms with E-state index in [0.29, 0.717) is 0 Å². The van der Waals surface area contributed by atoms with Crippen LogP contribution in [0.1, 0.15) is 6.92 Å². The van der Waals surface area contributed by atoms with Crippen molar-refractivity contribution in [3.8, 4) is 0 Å². The van der Waals surface area contributed by atoms with E-state index in [1.165, 1.54) is 0 Å². The zero-order valence-electron chi connectivity index (χ0n) is 6.30. The molecular weight excluding hydrogens is 207 g/mol. The molecule has 0 aromatic carbocycles. The molecule has 1 nitrogen and oxygen atoms in total. The molecule has 0 rings (SSSR count). The number of hydrogen-bond donors (Lipinski definition) is 1. The summed E-state index contributed by atoms with van der Waals surface area (Å²) in [5, 5.41) is 0. The van der Waals surface area contributed by atoms with Crippen molar-refractivity contribution in [3.63, 3.8) is 0 Å². The monoisotopic (exact) mass is 213 g/mol. The second-order valence-electron chi connectivity index (χ2n) is 2.66. The summed E-state index contributed by atoms with van der Waals surface area (Å²) in [6.45, 7) is -0.0504. The van der Waals surface area contributed by atoms with E-state index >= 15 is 0 Å². The second kappa shape index (κ2) is 3.00. The third kappa shape index (κ3) is 1.87. The average molecular weight is 213 g/mol. The molecule has 0 amide bonds. The van der Waals surface area contributed by atoms with Crippen LogP contribution in [0.5, 0.6) is 0 Å².